The van der Waals surface area contributed by atoms with E-state index in [1.165, 1.54) is 11.1 Å². The summed E-state index contributed by atoms with van der Waals surface area (Å²) in [6, 6.07) is 16.1. The molecule has 24 heavy (non-hydrogen) atoms. The van der Waals surface area contributed by atoms with E-state index in [4.69, 9.17) is 0 Å². The van der Waals surface area contributed by atoms with Crippen molar-refractivity contribution < 1.29 is 4.79 Å². The molecule has 1 aliphatic rings. The van der Waals surface area contributed by atoms with E-state index in [2.05, 4.69) is 64.1 Å². The predicted octanol–water partition coefficient (Wildman–Crippen LogP) is 4.12. The first-order valence-electron chi connectivity index (χ1n) is 8.20. The van der Waals surface area contributed by atoms with Crippen LogP contribution in [0.5, 0.6) is 0 Å². The quantitative estimate of drug-likeness (QED) is 0.739. The van der Waals surface area contributed by atoms with Crippen molar-refractivity contribution >= 4 is 27.5 Å². The predicted molar refractivity (Wildman–Crippen MR) is 101 cm³/mol. The van der Waals surface area contributed by atoms with Crippen LogP contribution in [0.3, 0.4) is 0 Å². The van der Waals surface area contributed by atoms with E-state index in [9.17, 15) is 4.79 Å². The molecule has 1 amide bonds. The first-order chi connectivity index (χ1) is 11.5. The number of halogens is 1. The number of hydrazine groups is 1. The fourth-order valence-electron chi connectivity index (χ4n) is 2.85. The third-order valence-corrected chi connectivity index (χ3v) is 4.84. The fraction of sp³-hybridized carbons (Fsp3) is 0.316. The van der Waals surface area contributed by atoms with Gasteiger partial charge in [-0.2, -0.15) is 0 Å². The maximum Gasteiger partial charge on any atom is 0.242 e. The summed E-state index contributed by atoms with van der Waals surface area (Å²) < 4.78 is 1.05. The molecule has 0 spiro atoms. The molecule has 3 N–H and O–H groups in total. The Bertz CT molecular complexity index is 715. The maximum atomic E-state index is 12.5. The van der Waals surface area contributed by atoms with Gasteiger partial charge in [0.2, 0.25) is 5.91 Å². The largest absolute Gasteiger partial charge is 0.325 e. The van der Waals surface area contributed by atoms with Crippen molar-refractivity contribution in [1.29, 1.82) is 0 Å². The van der Waals surface area contributed by atoms with Gasteiger partial charge in [0.25, 0.3) is 0 Å². The normalized spacial score (nSPS) is 20.3. The number of carbonyl (C=O) groups excluding carboxylic acids is 1. The number of carbonyl (C=O) groups is 1. The molecule has 2 unspecified atom stereocenters. The highest BCUT2D eigenvalue weighted by atomic mass is 79.9. The second-order valence-corrected chi connectivity index (χ2v) is 7.37. The first kappa shape index (κ1) is 17.1. The minimum absolute atomic E-state index is 0.0111. The van der Waals surface area contributed by atoms with Crippen molar-refractivity contribution in [3.05, 3.63) is 64.1 Å². The number of hydrogen-bond donors (Lipinski definition) is 3. The molecule has 1 fully saturated rings. The molecule has 126 valence electrons. The molecular weight excluding hydrogens is 366 g/mol. The molecule has 1 aliphatic heterocycles. The summed E-state index contributed by atoms with van der Waals surface area (Å²) in [5.74, 6) is 0.429. The maximum absolute atomic E-state index is 12.5. The molecule has 0 saturated carbocycles. The Morgan fingerprint density at radius 3 is 2.62 bits per heavy atom. The molecule has 0 bridgehead atoms. The van der Waals surface area contributed by atoms with Crippen LogP contribution in [-0.2, 0) is 4.79 Å². The van der Waals surface area contributed by atoms with Crippen LogP contribution in [0.1, 0.15) is 43.4 Å². The molecule has 3 rings (SSSR count). The van der Waals surface area contributed by atoms with E-state index in [1.807, 2.05) is 30.3 Å². The Morgan fingerprint density at radius 2 is 1.92 bits per heavy atom. The molecule has 0 aromatic heterocycles. The molecule has 2 aromatic carbocycles. The summed E-state index contributed by atoms with van der Waals surface area (Å²) >= 11 is 3.44. The van der Waals surface area contributed by atoms with E-state index in [-0.39, 0.29) is 18.0 Å². The SMILES string of the molecule is CC(C)c1cccc(NC(=O)C2CC(c3ccc(Br)cc3)NN2)c1. The molecule has 5 heteroatoms. The second kappa shape index (κ2) is 7.47. The first-order valence-corrected chi connectivity index (χ1v) is 8.99. The summed E-state index contributed by atoms with van der Waals surface area (Å²) in [4.78, 5) is 12.5. The lowest BCUT2D eigenvalue weighted by atomic mass is 10.0. The molecule has 1 heterocycles. The van der Waals surface area contributed by atoms with Gasteiger partial charge >= 0.3 is 0 Å². The highest BCUT2D eigenvalue weighted by Gasteiger charge is 2.30. The van der Waals surface area contributed by atoms with E-state index in [0.29, 0.717) is 5.92 Å². The van der Waals surface area contributed by atoms with Crippen molar-refractivity contribution in [2.45, 2.75) is 38.3 Å². The zero-order valence-electron chi connectivity index (χ0n) is 13.8. The summed E-state index contributed by atoms with van der Waals surface area (Å²) in [6.07, 6.45) is 0.720. The summed E-state index contributed by atoms with van der Waals surface area (Å²) in [7, 11) is 0. The van der Waals surface area contributed by atoms with Crippen LogP contribution < -0.4 is 16.2 Å². The van der Waals surface area contributed by atoms with E-state index in [0.717, 1.165) is 16.6 Å². The van der Waals surface area contributed by atoms with Gasteiger partial charge in [-0.3, -0.25) is 4.79 Å². The lowest BCUT2D eigenvalue weighted by Crippen LogP contribution is -2.39. The van der Waals surface area contributed by atoms with Crippen LogP contribution in [0.4, 0.5) is 5.69 Å². The number of benzene rings is 2. The number of rotatable bonds is 4. The molecule has 2 aromatic rings. The third kappa shape index (κ3) is 4.04. The van der Waals surface area contributed by atoms with Gasteiger partial charge in [0.1, 0.15) is 6.04 Å². The summed E-state index contributed by atoms with van der Waals surface area (Å²) in [5, 5.41) is 3.01. The van der Waals surface area contributed by atoms with Gasteiger partial charge < -0.3 is 5.32 Å². The van der Waals surface area contributed by atoms with E-state index >= 15 is 0 Å². The van der Waals surface area contributed by atoms with Gasteiger partial charge in [0, 0.05) is 16.2 Å². The Labute approximate surface area is 151 Å². The highest BCUT2D eigenvalue weighted by Crippen LogP contribution is 2.25. The Kier molecular flexibility index (Phi) is 5.33. The minimum Gasteiger partial charge on any atom is -0.325 e. The molecule has 4 nitrogen and oxygen atoms in total. The topological polar surface area (TPSA) is 53.2 Å². The lowest BCUT2D eigenvalue weighted by molar-refractivity contribution is -0.117. The Morgan fingerprint density at radius 1 is 1.17 bits per heavy atom. The molecule has 0 aliphatic carbocycles. The Hall–Kier alpha value is -1.69. The monoisotopic (exact) mass is 387 g/mol. The average molecular weight is 388 g/mol. The molecule has 2 atom stereocenters. The van der Waals surface area contributed by atoms with Gasteiger partial charge in [0.15, 0.2) is 0 Å². The van der Waals surface area contributed by atoms with Crippen LogP contribution in [0.25, 0.3) is 0 Å². The third-order valence-electron chi connectivity index (χ3n) is 4.31. The standard InChI is InChI=1S/C19H22BrN3O/c1-12(2)14-4-3-5-16(10-14)21-19(24)18-11-17(22-23-18)13-6-8-15(20)9-7-13/h3-10,12,17-18,22-23H,11H2,1-2H3,(H,21,24). The van der Waals surface area contributed by atoms with Crippen molar-refractivity contribution in [2.24, 2.45) is 0 Å². The van der Waals surface area contributed by atoms with Crippen LogP contribution in [-0.4, -0.2) is 11.9 Å². The van der Waals surface area contributed by atoms with Crippen molar-refractivity contribution in [3.8, 4) is 0 Å². The van der Waals surface area contributed by atoms with Crippen molar-refractivity contribution in [1.82, 2.24) is 10.9 Å². The van der Waals surface area contributed by atoms with E-state index < -0.39 is 0 Å². The summed E-state index contributed by atoms with van der Waals surface area (Å²) in [6.45, 7) is 4.29. The minimum atomic E-state index is -0.249. The van der Waals surface area contributed by atoms with Gasteiger partial charge in [0.05, 0.1) is 0 Å². The molecule has 0 radical (unpaired) electrons. The smallest absolute Gasteiger partial charge is 0.242 e. The average Bonchev–Trinajstić information content (AvgIpc) is 3.06. The van der Waals surface area contributed by atoms with Crippen LogP contribution in [0, 0.1) is 0 Å². The van der Waals surface area contributed by atoms with Crippen LogP contribution in [0.15, 0.2) is 53.0 Å². The van der Waals surface area contributed by atoms with Gasteiger partial charge in [-0.05, 0) is 47.7 Å². The van der Waals surface area contributed by atoms with E-state index in [1.54, 1.807) is 0 Å². The fourth-order valence-corrected chi connectivity index (χ4v) is 3.11. The zero-order chi connectivity index (χ0) is 17.1. The van der Waals surface area contributed by atoms with Gasteiger partial charge in [-0.15, -0.1) is 0 Å². The van der Waals surface area contributed by atoms with Gasteiger partial charge in [-0.25, -0.2) is 10.9 Å². The second-order valence-electron chi connectivity index (χ2n) is 6.45. The lowest BCUT2D eigenvalue weighted by Gasteiger charge is -2.13. The number of nitrogens with one attached hydrogen (secondary N) is 3. The van der Waals surface area contributed by atoms with Crippen LogP contribution >= 0.6 is 15.9 Å². The number of amides is 1. The van der Waals surface area contributed by atoms with Crippen molar-refractivity contribution in [2.75, 3.05) is 5.32 Å². The zero-order valence-corrected chi connectivity index (χ0v) is 15.4. The van der Waals surface area contributed by atoms with Crippen LogP contribution in [0.2, 0.25) is 0 Å². The van der Waals surface area contributed by atoms with Crippen molar-refractivity contribution in [3.63, 3.8) is 0 Å². The van der Waals surface area contributed by atoms with Gasteiger partial charge in [-0.1, -0.05) is 54.0 Å². The number of hydrogen-bond acceptors (Lipinski definition) is 3. The molecular formula is C19H22BrN3O. The Balaban J connectivity index is 1.62. The summed E-state index contributed by atoms with van der Waals surface area (Å²) in [5.41, 5.74) is 9.55. The number of anilines is 1. The molecule has 1 saturated heterocycles. The highest BCUT2D eigenvalue weighted by molar-refractivity contribution is 9.10.